The average molecular weight is 285 g/mol. The van der Waals surface area contributed by atoms with E-state index in [-0.39, 0.29) is 0 Å². The zero-order chi connectivity index (χ0) is 14.1. The van der Waals surface area contributed by atoms with Crippen LogP contribution in [0, 0.1) is 0 Å². The highest BCUT2D eigenvalue weighted by Crippen LogP contribution is 2.14. The molecule has 108 valence electrons. The third-order valence-corrected chi connectivity index (χ3v) is 5.03. The van der Waals surface area contributed by atoms with Gasteiger partial charge in [0.1, 0.15) is 0 Å². The summed E-state index contributed by atoms with van der Waals surface area (Å²) in [4.78, 5) is 0.388. The summed E-state index contributed by atoms with van der Waals surface area (Å²) in [6.45, 7) is 6.36. The minimum Gasteiger partial charge on any atom is -0.382 e. The van der Waals surface area contributed by atoms with Gasteiger partial charge in [-0.15, -0.1) is 0 Å². The molecule has 0 aliphatic carbocycles. The Hall–Kier alpha value is -0.910. The third-order valence-electron chi connectivity index (χ3n) is 2.88. The van der Waals surface area contributed by atoms with Crippen LogP contribution in [0.15, 0.2) is 35.2 Å². The van der Waals surface area contributed by atoms with Crippen LogP contribution >= 0.6 is 0 Å². The molecule has 0 radical (unpaired) electrons. The highest BCUT2D eigenvalue weighted by Gasteiger charge is 2.22. The number of sulfone groups is 1. The lowest BCUT2D eigenvalue weighted by Crippen LogP contribution is -2.32. The second kappa shape index (κ2) is 8.30. The van der Waals surface area contributed by atoms with Gasteiger partial charge in [0.15, 0.2) is 9.84 Å². The summed E-state index contributed by atoms with van der Waals surface area (Å²) in [5, 5.41) is 2.73. The van der Waals surface area contributed by atoms with Crippen LogP contribution in [0.4, 0.5) is 0 Å². The molecule has 4 nitrogen and oxygen atoms in total. The van der Waals surface area contributed by atoms with E-state index in [1.54, 1.807) is 31.2 Å². The van der Waals surface area contributed by atoms with Gasteiger partial charge in [-0.3, -0.25) is 0 Å². The van der Waals surface area contributed by atoms with Crippen molar-refractivity contribution in [2.45, 2.75) is 30.4 Å². The zero-order valence-electron chi connectivity index (χ0n) is 11.6. The van der Waals surface area contributed by atoms with Crippen LogP contribution in [0.3, 0.4) is 0 Å². The summed E-state index contributed by atoms with van der Waals surface area (Å²) < 4.78 is 29.7. The first-order valence-electron chi connectivity index (χ1n) is 6.66. The molecule has 1 aromatic rings. The van der Waals surface area contributed by atoms with E-state index in [0.29, 0.717) is 18.0 Å². The molecule has 0 aliphatic heterocycles. The summed E-state index contributed by atoms with van der Waals surface area (Å²) in [6, 6.07) is 8.59. The SMILES string of the molecule is CCOCCCNCC(C)S(=O)(=O)c1ccccc1. The zero-order valence-corrected chi connectivity index (χ0v) is 12.4. The molecular formula is C14H23NO3S. The summed E-state index contributed by atoms with van der Waals surface area (Å²) in [5.41, 5.74) is 0. The second-order valence-corrected chi connectivity index (χ2v) is 6.79. The fraction of sp³-hybridized carbons (Fsp3) is 0.571. The maximum atomic E-state index is 12.2. The molecule has 0 saturated carbocycles. The lowest BCUT2D eigenvalue weighted by Gasteiger charge is -2.14. The van der Waals surface area contributed by atoms with Gasteiger partial charge in [-0.1, -0.05) is 18.2 Å². The Morgan fingerprint density at radius 3 is 2.58 bits per heavy atom. The predicted octanol–water partition coefficient (Wildman–Crippen LogP) is 1.86. The van der Waals surface area contributed by atoms with E-state index >= 15 is 0 Å². The lowest BCUT2D eigenvalue weighted by molar-refractivity contribution is 0.145. The Morgan fingerprint density at radius 1 is 1.26 bits per heavy atom. The predicted molar refractivity (Wildman–Crippen MR) is 77.1 cm³/mol. The fourth-order valence-electron chi connectivity index (χ4n) is 1.70. The first kappa shape index (κ1) is 16.1. The molecule has 19 heavy (non-hydrogen) atoms. The van der Waals surface area contributed by atoms with Crippen molar-refractivity contribution in [3.63, 3.8) is 0 Å². The van der Waals surface area contributed by atoms with E-state index in [1.807, 2.05) is 13.0 Å². The van der Waals surface area contributed by atoms with Crippen LogP contribution in [-0.4, -0.2) is 40.0 Å². The number of rotatable bonds is 9. The summed E-state index contributed by atoms with van der Waals surface area (Å²) >= 11 is 0. The van der Waals surface area contributed by atoms with Crippen molar-refractivity contribution in [2.24, 2.45) is 0 Å². The first-order chi connectivity index (χ1) is 9.09. The Balaban J connectivity index is 2.39. The molecule has 0 fully saturated rings. The van der Waals surface area contributed by atoms with E-state index in [1.165, 1.54) is 0 Å². The van der Waals surface area contributed by atoms with Gasteiger partial charge < -0.3 is 10.1 Å². The van der Waals surface area contributed by atoms with Crippen molar-refractivity contribution >= 4 is 9.84 Å². The Labute approximate surface area is 116 Å². The summed E-state index contributed by atoms with van der Waals surface area (Å²) in [5.74, 6) is 0. The van der Waals surface area contributed by atoms with Gasteiger partial charge in [0.2, 0.25) is 0 Å². The largest absolute Gasteiger partial charge is 0.382 e. The topological polar surface area (TPSA) is 55.4 Å². The quantitative estimate of drug-likeness (QED) is 0.704. The van der Waals surface area contributed by atoms with E-state index in [9.17, 15) is 8.42 Å². The third kappa shape index (κ3) is 5.30. The number of nitrogens with one attached hydrogen (secondary N) is 1. The molecular weight excluding hydrogens is 262 g/mol. The van der Waals surface area contributed by atoms with E-state index in [2.05, 4.69) is 5.32 Å². The van der Waals surface area contributed by atoms with Crippen LogP contribution in [0.2, 0.25) is 0 Å². The summed E-state index contributed by atoms with van der Waals surface area (Å²) in [6.07, 6.45) is 0.895. The number of benzene rings is 1. The highest BCUT2D eigenvalue weighted by molar-refractivity contribution is 7.92. The van der Waals surface area contributed by atoms with E-state index < -0.39 is 15.1 Å². The van der Waals surface area contributed by atoms with Gasteiger partial charge in [0.05, 0.1) is 10.1 Å². The average Bonchev–Trinajstić information content (AvgIpc) is 2.43. The molecule has 0 amide bonds. The first-order valence-corrected chi connectivity index (χ1v) is 8.21. The van der Waals surface area contributed by atoms with Gasteiger partial charge in [-0.05, 0) is 38.9 Å². The maximum Gasteiger partial charge on any atom is 0.182 e. The summed E-state index contributed by atoms with van der Waals surface area (Å²) in [7, 11) is -3.23. The Bertz CT molecular complexity index is 445. The minimum absolute atomic E-state index is 0.388. The van der Waals surface area contributed by atoms with Crippen LogP contribution < -0.4 is 5.32 Å². The van der Waals surface area contributed by atoms with Crippen LogP contribution in [0.1, 0.15) is 20.3 Å². The molecule has 0 saturated heterocycles. The molecule has 0 aliphatic rings. The molecule has 0 bridgehead atoms. The van der Waals surface area contributed by atoms with Crippen LogP contribution in [-0.2, 0) is 14.6 Å². The standard InChI is InChI=1S/C14H23NO3S/c1-3-18-11-7-10-15-12-13(2)19(16,17)14-8-5-4-6-9-14/h4-6,8-9,13,15H,3,7,10-12H2,1-2H3. The van der Waals surface area contributed by atoms with Gasteiger partial charge >= 0.3 is 0 Å². The van der Waals surface area contributed by atoms with Gasteiger partial charge in [-0.25, -0.2) is 8.42 Å². The monoisotopic (exact) mass is 285 g/mol. The van der Waals surface area contributed by atoms with Crippen molar-refractivity contribution in [1.82, 2.24) is 5.32 Å². The van der Waals surface area contributed by atoms with Crippen molar-refractivity contribution in [3.8, 4) is 0 Å². The number of ether oxygens (including phenoxy) is 1. The molecule has 1 rings (SSSR count). The molecule has 0 spiro atoms. The molecule has 1 aromatic carbocycles. The van der Waals surface area contributed by atoms with Crippen molar-refractivity contribution in [3.05, 3.63) is 30.3 Å². The minimum atomic E-state index is -3.23. The van der Waals surface area contributed by atoms with E-state index in [4.69, 9.17) is 4.74 Å². The molecule has 5 heteroatoms. The number of hydrogen-bond donors (Lipinski definition) is 1. The Kier molecular flexibility index (Phi) is 7.05. The molecule has 0 heterocycles. The lowest BCUT2D eigenvalue weighted by atomic mass is 10.4. The van der Waals surface area contributed by atoms with Gasteiger partial charge in [0.25, 0.3) is 0 Å². The Morgan fingerprint density at radius 2 is 1.95 bits per heavy atom. The molecule has 1 atom stereocenters. The molecule has 0 aromatic heterocycles. The van der Waals surface area contributed by atoms with Crippen LogP contribution in [0.5, 0.6) is 0 Å². The van der Waals surface area contributed by atoms with E-state index in [0.717, 1.165) is 19.6 Å². The fourth-order valence-corrected chi connectivity index (χ4v) is 3.04. The smallest absolute Gasteiger partial charge is 0.182 e. The number of hydrogen-bond acceptors (Lipinski definition) is 4. The highest BCUT2D eigenvalue weighted by atomic mass is 32.2. The van der Waals surface area contributed by atoms with Gasteiger partial charge in [-0.2, -0.15) is 0 Å². The maximum absolute atomic E-state index is 12.2. The van der Waals surface area contributed by atoms with Crippen LogP contribution in [0.25, 0.3) is 0 Å². The molecule has 1 N–H and O–H groups in total. The normalized spacial score (nSPS) is 13.4. The molecule has 1 unspecified atom stereocenters. The second-order valence-electron chi connectivity index (χ2n) is 4.42. The van der Waals surface area contributed by atoms with Crippen molar-refractivity contribution in [2.75, 3.05) is 26.3 Å². The van der Waals surface area contributed by atoms with Gasteiger partial charge in [0, 0.05) is 19.8 Å². The van der Waals surface area contributed by atoms with Crippen molar-refractivity contribution in [1.29, 1.82) is 0 Å². The van der Waals surface area contributed by atoms with Crippen molar-refractivity contribution < 1.29 is 13.2 Å².